The van der Waals surface area contributed by atoms with Gasteiger partial charge in [0.15, 0.2) is 23.2 Å². The van der Waals surface area contributed by atoms with Crippen molar-refractivity contribution >= 4 is 11.7 Å². The minimum atomic E-state index is -1.10. The van der Waals surface area contributed by atoms with Gasteiger partial charge in [0.05, 0.1) is 6.61 Å². The zero-order valence-corrected chi connectivity index (χ0v) is 11.8. The third-order valence-corrected chi connectivity index (χ3v) is 2.98. The van der Waals surface area contributed by atoms with Gasteiger partial charge in [-0.3, -0.25) is 0 Å². The Morgan fingerprint density at radius 3 is 2.10 bits per heavy atom. The van der Waals surface area contributed by atoms with Crippen LogP contribution >= 0.6 is 0 Å². The predicted octanol–water partition coefficient (Wildman–Crippen LogP) is 5.30. The maximum absolute atomic E-state index is 14.1. The zero-order valence-electron chi connectivity index (χ0n) is 11.8. The molecule has 0 unspecified atom stereocenters. The number of ether oxygens (including phenoxy) is 1. The van der Waals surface area contributed by atoms with Gasteiger partial charge in [0, 0.05) is 11.1 Å². The maximum atomic E-state index is 14.1. The van der Waals surface area contributed by atoms with Gasteiger partial charge in [0.2, 0.25) is 0 Å². The number of benzene rings is 2. The second-order valence-corrected chi connectivity index (χ2v) is 4.57. The Balaban J connectivity index is 2.37. The van der Waals surface area contributed by atoms with Crippen LogP contribution in [0.5, 0.6) is 5.75 Å². The number of aryl methyl sites for hydroxylation is 1. The molecule has 2 aromatic carbocycles. The summed E-state index contributed by atoms with van der Waals surface area (Å²) in [6, 6.07) is 9.83. The predicted molar refractivity (Wildman–Crippen MR) is 77.8 cm³/mol. The molecule has 0 atom stereocenters. The average Bonchev–Trinajstić information content (AvgIpc) is 2.49. The van der Waals surface area contributed by atoms with E-state index < -0.39 is 17.5 Å². The molecule has 110 valence electrons. The summed E-state index contributed by atoms with van der Waals surface area (Å²) in [6.45, 7) is 3.86. The largest absolute Gasteiger partial charge is 0.491 e. The van der Waals surface area contributed by atoms with Crippen molar-refractivity contribution < 1.29 is 17.9 Å². The Morgan fingerprint density at radius 1 is 0.952 bits per heavy atom. The molecule has 0 aliphatic heterocycles. The van der Waals surface area contributed by atoms with E-state index in [0.29, 0.717) is 6.61 Å². The van der Waals surface area contributed by atoms with Crippen molar-refractivity contribution in [3.8, 4) is 5.75 Å². The lowest BCUT2D eigenvalue weighted by Crippen LogP contribution is -1.95. The molecule has 0 N–H and O–H groups in total. The highest BCUT2D eigenvalue weighted by Gasteiger charge is 2.14. The lowest BCUT2D eigenvalue weighted by atomic mass is 10.1. The van der Waals surface area contributed by atoms with Crippen LogP contribution in [0, 0.1) is 12.7 Å². The fourth-order valence-corrected chi connectivity index (χ4v) is 1.86. The summed E-state index contributed by atoms with van der Waals surface area (Å²) in [4.78, 5) is 0. The molecule has 2 aromatic rings. The molecule has 0 saturated heterocycles. The zero-order chi connectivity index (χ0) is 15.4. The summed E-state index contributed by atoms with van der Waals surface area (Å²) in [7, 11) is 0. The lowest BCUT2D eigenvalue weighted by Gasteiger charge is -2.07. The first-order valence-corrected chi connectivity index (χ1v) is 6.58. The molecule has 0 aliphatic carbocycles. The van der Waals surface area contributed by atoms with Gasteiger partial charge < -0.3 is 4.74 Å². The molecule has 0 amide bonds. The van der Waals surface area contributed by atoms with E-state index in [1.54, 1.807) is 19.1 Å². The van der Waals surface area contributed by atoms with Gasteiger partial charge in [0.25, 0.3) is 0 Å². The van der Waals surface area contributed by atoms with E-state index >= 15 is 0 Å². The summed E-state index contributed by atoms with van der Waals surface area (Å²) in [5.41, 5.74) is 0.903. The van der Waals surface area contributed by atoms with Crippen LogP contribution in [-0.2, 0) is 0 Å². The Hall–Kier alpha value is -2.23. The quantitative estimate of drug-likeness (QED) is 0.695. The standard InChI is InChI=1S/C17H15F3O/c1-3-21-15-9-8-13(10-14(15)18)17(20)16(19)12-6-4-11(2)5-7-12/h4-10H,3H2,1-2H3/b17-16+. The average molecular weight is 292 g/mol. The van der Waals surface area contributed by atoms with Crippen molar-refractivity contribution in [1.29, 1.82) is 0 Å². The maximum Gasteiger partial charge on any atom is 0.166 e. The fourth-order valence-electron chi connectivity index (χ4n) is 1.86. The van der Waals surface area contributed by atoms with Crippen LogP contribution in [0.1, 0.15) is 23.6 Å². The van der Waals surface area contributed by atoms with E-state index in [1.807, 2.05) is 6.92 Å². The number of hydrogen-bond acceptors (Lipinski definition) is 1. The molecule has 0 saturated carbocycles. The summed E-state index contributed by atoms with van der Waals surface area (Å²) in [6.07, 6.45) is 0. The van der Waals surface area contributed by atoms with E-state index in [0.717, 1.165) is 11.6 Å². The second kappa shape index (κ2) is 6.48. The van der Waals surface area contributed by atoms with Gasteiger partial charge >= 0.3 is 0 Å². The first-order valence-electron chi connectivity index (χ1n) is 6.58. The van der Waals surface area contributed by atoms with Crippen molar-refractivity contribution in [3.63, 3.8) is 0 Å². The van der Waals surface area contributed by atoms with Gasteiger partial charge in [-0.2, -0.15) is 0 Å². The molecule has 0 aromatic heterocycles. The van der Waals surface area contributed by atoms with E-state index in [2.05, 4.69) is 0 Å². The molecule has 4 heteroatoms. The minimum Gasteiger partial charge on any atom is -0.491 e. The Bertz CT molecular complexity index is 660. The molecular formula is C17H15F3O. The summed E-state index contributed by atoms with van der Waals surface area (Å²) in [5, 5.41) is 0. The van der Waals surface area contributed by atoms with Crippen LogP contribution in [0.25, 0.3) is 11.7 Å². The van der Waals surface area contributed by atoms with Gasteiger partial charge in [-0.1, -0.05) is 29.8 Å². The van der Waals surface area contributed by atoms with Gasteiger partial charge in [-0.25, -0.2) is 13.2 Å². The lowest BCUT2D eigenvalue weighted by molar-refractivity contribution is 0.321. The third kappa shape index (κ3) is 3.45. The van der Waals surface area contributed by atoms with Crippen molar-refractivity contribution in [3.05, 3.63) is 65.0 Å². The Labute approximate surface area is 121 Å². The Morgan fingerprint density at radius 2 is 1.52 bits per heavy atom. The van der Waals surface area contributed by atoms with Crippen molar-refractivity contribution in [2.24, 2.45) is 0 Å². The highest BCUT2D eigenvalue weighted by Crippen LogP contribution is 2.31. The topological polar surface area (TPSA) is 9.23 Å². The van der Waals surface area contributed by atoms with E-state index in [9.17, 15) is 13.2 Å². The van der Waals surface area contributed by atoms with Gasteiger partial charge in [-0.15, -0.1) is 0 Å². The molecule has 2 rings (SSSR count). The van der Waals surface area contributed by atoms with Crippen LogP contribution in [0.3, 0.4) is 0 Å². The van der Waals surface area contributed by atoms with Crippen LogP contribution in [0.2, 0.25) is 0 Å². The summed E-state index contributed by atoms with van der Waals surface area (Å²) >= 11 is 0. The van der Waals surface area contributed by atoms with Crippen LogP contribution in [0.15, 0.2) is 42.5 Å². The second-order valence-electron chi connectivity index (χ2n) is 4.57. The van der Waals surface area contributed by atoms with Crippen LogP contribution < -0.4 is 4.74 Å². The number of halogens is 3. The van der Waals surface area contributed by atoms with Crippen LogP contribution in [-0.4, -0.2) is 6.61 Å². The SMILES string of the molecule is CCOc1ccc(/C(F)=C(\F)c2ccc(C)cc2)cc1F. The highest BCUT2D eigenvalue weighted by molar-refractivity contribution is 5.83. The van der Waals surface area contributed by atoms with Crippen LogP contribution in [0.4, 0.5) is 13.2 Å². The van der Waals surface area contributed by atoms with E-state index in [1.165, 1.54) is 24.3 Å². The van der Waals surface area contributed by atoms with Crippen molar-refractivity contribution in [2.45, 2.75) is 13.8 Å². The summed E-state index contributed by atoms with van der Waals surface area (Å²) in [5.74, 6) is -2.81. The van der Waals surface area contributed by atoms with E-state index in [-0.39, 0.29) is 16.9 Å². The minimum absolute atomic E-state index is 0.0183. The fraction of sp³-hybridized carbons (Fsp3) is 0.176. The molecule has 0 bridgehead atoms. The van der Waals surface area contributed by atoms with Gasteiger partial charge in [-0.05, 0) is 32.0 Å². The van der Waals surface area contributed by atoms with Crippen molar-refractivity contribution in [1.82, 2.24) is 0 Å². The van der Waals surface area contributed by atoms with E-state index in [4.69, 9.17) is 4.74 Å². The molecule has 1 nitrogen and oxygen atoms in total. The normalized spacial score (nSPS) is 12.0. The molecular weight excluding hydrogens is 277 g/mol. The van der Waals surface area contributed by atoms with Gasteiger partial charge in [0.1, 0.15) is 0 Å². The molecule has 0 aliphatic rings. The third-order valence-electron chi connectivity index (χ3n) is 2.98. The smallest absolute Gasteiger partial charge is 0.166 e. The molecule has 0 radical (unpaired) electrons. The number of rotatable bonds is 4. The molecule has 21 heavy (non-hydrogen) atoms. The monoisotopic (exact) mass is 292 g/mol. The molecule has 0 heterocycles. The Kier molecular flexibility index (Phi) is 4.68. The number of hydrogen-bond donors (Lipinski definition) is 0. The highest BCUT2D eigenvalue weighted by atomic mass is 19.2. The molecule has 0 fully saturated rings. The summed E-state index contributed by atoms with van der Waals surface area (Å²) < 4.78 is 46.9. The molecule has 0 spiro atoms. The van der Waals surface area contributed by atoms with Crippen molar-refractivity contribution in [2.75, 3.05) is 6.61 Å². The first kappa shape index (κ1) is 15.2. The first-order chi connectivity index (χ1) is 10.0.